The van der Waals surface area contributed by atoms with Crippen molar-refractivity contribution in [1.29, 1.82) is 5.26 Å². The minimum absolute atomic E-state index is 0.0379. The number of amides is 2. The van der Waals surface area contributed by atoms with E-state index >= 15 is 0 Å². The number of rotatable bonds is 10. The molecule has 1 heterocycles. The van der Waals surface area contributed by atoms with E-state index in [-0.39, 0.29) is 23.1 Å². The van der Waals surface area contributed by atoms with Crippen LogP contribution in [0.3, 0.4) is 0 Å². The van der Waals surface area contributed by atoms with E-state index in [4.69, 9.17) is 4.74 Å². The van der Waals surface area contributed by atoms with Gasteiger partial charge in [-0.05, 0) is 79.4 Å². The average Bonchev–Trinajstić information content (AvgIpc) is 3.39. The average molecular weight is 685 g/mol. The molecule has 6 rings (SSSR count). The zero-order valence-electron chi connectivity index (χ0n) is 27.8. The van der Waals surface area contributed by atoms with Gasteiger partial charge in [0.25, 0.3) is 11.8 Å². The van der Waals surface area contributed by atoms with Gasteiger partial charge in [0.15, 0.2) is 0 Å². The molecule has 2 unspecified atom stereocenters. The second-order valence-corrected chi connectivity index (χ2v) is 14.7. The molecule has 0 bridgehead atoms. The van der Waals surface area contributed by atoms with Gasteiger partial charge < -0.3 is 15.0 Å². The van der Waals surface area contributed by atoms with Crippen LogP contribution < -0.4 is 14.8 Å². The first-order chi connectivity index (χ1) is 23.9. The van der Waals surface area contributed by atoms with Gasteiger partial charge >= 0.3 is 0 Å². The number of sulfonamides is 1. The van der Waals surface area contributed by atoms with Crippen LogP contribution in [-0.4, -0.2) is 30.7 Å². The smallest absolute Gasteiger partial charge is 0.255 e. The quantitative estimate of drug-likeness (QED) is 0.161. The summed E-state index contributed by atoms with van der Waals surface area (Å²) in [6.45, 7) is 5.50. The molecule has 2 amide bonds. The van der Waals surface area contributed by atoms with Crippen molar-refractivity contribution in [3.8, 4) is 11.8 Å². The highest BCUT2D eigenvalue weighted by molar-refractivity contribution is 7.89. The fourth-order valence-corrected chi connectivity index (χ4v) is 7.56. The molecule has 10 heteroatoms. The number of nitriles is 1. The van der Waals surface area contributed by atoms with E-state index < -0.39 is 33.6 Å². The van der Waals surface area contributed by atoms with Crippen molar-refractivity contribution in [2.75, 3.05) is 5.32 Å². The van der Waals surface area contributed by atoms with Gasteiger partial charge in [-0.25, -0.2) is 13.1 Å². The summed E-state index contributed by atoms with van der Waals surface area (Å²) in [5.41, 5.74) is 2.89. The zero-order chi connectivity index (χ0) is 35.5. The van der Waals surface area contributed by atoms with Gasteiger partial charge in [0.1, 0.15) is 18.4 Å². The Labute approximate surface area is 292 Å². The van der Waals surface area contributed by atoms with E-state index in [2.05, 4.69) is 16.1 Å². The fourth-order valence-electron chi connectivity index (χ4n) is 6.09. The van der Waals surface area contributed by atoms with Crippen LogP contribution in [0.1, 0.15) is 71.0 Å². The van der Waals surface area contributed by atoms with Gasteiger partial charge in [0.05, 0.1) is 28.3 Å². The Morgan fingerprint density at radius 3 is 2.26 bits per heavy atom. The van der Waals surface area contributed by atoms with Gasteiger partial charge in [-0.15, -0.1) is 0 Å². The molecule has 0 fully saturated rings. The molecule has 252 valence electrons. The molecule has 1 aliphatic heterocycles. The molecule has 0 aliphatic carbocycles. The van der Waals surface area contributed by atoms with Gasteiger partial charge in [0.2, 0.25) is 10.0 Å². The second kappa shape index (κ2) is 14.0. The number of carbonyl (C=O) groups is 2. The minimum atomic E-state index is -3.92. The Bertz CT molecular complexity index is 2190. The first-order valence-corrected chi connectivity index (χ1v) is 17.6. The van der Waals surface area contributed by atoms with Crippen molar-refractivity contribution < 1.29 is 22.7 Å². The SMILES string of the molecule is CC(C)(C)NS(=O)(=O)c1cccc(C2c3ccccc3C(=O)N2C(C(=O)Nc2cc(C#N)ccc2OCc2ccccc2)c2ccccc2)c1. The Morgan fingerprint density at radius 2 is 1.56 bits per heavy atom. The Hall–Kier alpha value is -5.76. The monoisotopic (exact) mass is 684 g/mol. The Balaban J connectivity index is 1.43. The van der Waals surface area contributed by atoms with Crippen molar-refractivity contribution in [3.05, 3.63) is 161 Å². The first-order valence-electron chi connectivity index (χ1n) is 16.1. The predicted octanol–water partition coefficient (Wildman–Crippen LogP) is 7.14. The lowest BCUT2D eigenvalue weighted by Crippen LogP contribution is -2.41. The summed E-state index contributed by atoms with van der Waals surface area (Å²) >= 11 is 0. The molecule has 2 atom stereocenters. The van der Waals surface area contributed by atoms with Crippen LogP contribution in [0.5, 0.6) is 5.75 Å². The number of ether oxygens (including phenoxy) is 1. The van der Waals surface area contributed by atoms with Crippen molar-refractivity contribution >= 4 is 27.5 Å². The van der Waals surface area contributed by atoms with Crippen molar-refractivity contribution in [1.82, 2.24) is 9.62 Å². The largest absolute Gasteiger partial charge is 0.487 e. The highest BCUT2D eigenvalue weighted by Crippen LogP contribution is 2.44. The lowest BCUT2D eigenvalue weighted by Gasteiger charge is -2.33. The van der Waals surface area contributed by atoms with E-state index in [1.165, 1.54) is 17.0 Å². The molecule has 1 aliphatic rings. The van der Waals surface area contributed by atoms with Gasteiger partial charge in [0, 0.05) is 11.1 Å². The molecular weight excluding hydrogens is 649 g/mol. The number of nitrogens with zero attached hydrogens (tertiary/aromatic N) is 2. The summed E-state index contributed by atoms with van der Waals surface area (Å²) in [6, 6.07) is 36.9. The molecule has 0 saturated heterocycles. The lowest BCUT2D eigenvalue weighted by molar-refractivity contribution is -0.121. The summed E-state index contributed by atoms with van der Waals surface area (Å²) < 4.78 is 35.6. The van der Waals surface area contributed by atoms with Crippen LogP contribution in [0.2, 0.25) is 0 Å². The van der Waals surface area contributed by atoms with Crippen LogP contribution in [0, 0.1) is 11.3 Å². The van der Waals surface area contributed by atoms with Crippen LogP contribution in [0.4, 0.5) is 5.69 Å². The third-order valence-electron chi connectivity index (χ3n) is 8.17. The number of fused-ring (bicyclic) bond motifs is 1. The summed E-state index contributed by atoms with van der Waals surface area (Å²) in [6.07, 6.45) is 0. The Morgan fingerprint density at radius 1 is 0.880 bits per heavy atom. The van der Waals surface area contributed by atoms with Crippen molar-refractivity contribution in [2.45, 2.75) is 49.9 Å². The highest BCUT2D eigenvalue weighted by Gasteiger charge is 2.45. The topological polar surface area (TPSA) is 129 Å². The third kappa shape index (κ3) is 7.29. The van der Waals surface area contributed by atoms with E-state index in [1.54, 1.807) is 87.5 Å². The van der Waals surface area contributed by atoms with E-state index in [0.29, 0.717) is 33.6 Å². The second-order valence-electron chi connectivity index (χ2n) is 13.0. The lowest BCUT2D eigenvalue weighted by atomic mass is 9.96. The molecule has 0 radical (unpaired) electrons. The van der Waals surface area contributed by atoms with Crippen LogP contribution >= 0.6 is 0 Å². The molecule has 0 aromatic heterocycles. The van der Waals surface area contributed by atoms with Gasteiger partial charge in [-0.1, -0.05) is 91.0 Å². The molecule has 2 N–H and O–H groups in total. The van der Waals surface area contributed by atoms with Gasteiger partial charge in [-0.2, -0.15) is 5.26 Å². The number of nitrogens with one attached hydrogen (secondary N) is 2. The number of carbonyl (C=O) groups excluding carboxylic acids is 2. The molecular formula is C40H36N4O5S. The zero-order valence-corrected chi connectivity index (χ0v) is 28.6. The van der Waals surface area contributed by atoms with E-state index in [1.807, 2.05) is 48.5 Å². The van der Waals surface area contributed by atoms with Gasteiger partial charge in [-0.3, -0.25) is 9.59 Å². The molecule has 5 aromatic rings. The summed E-state index contributed by atoms with van der Waals surface area (Å²) in [5.74, 6) is -0.577. The Kier molecular flexibility index (Phi) is 9.55. The highest BCUT2D eigenvalue weighted by atomic mass is 32.2. The summed E-state index contributed by atoms with van der Waals surface area (Å²) in [7, 11) is -3.92. The standard InChI is InChI=1S/C40H36N4O5S/c1-40(2,3)43-50(47,48)31-18-12-17-30(24-31)36-32-19-10-11-20-33(32)39(46)44(36)37(29-15-8-5-9-16-29)38(45)42-34-23-28(25-41)21-22-35(34)49-26-27-13-6-4-7-14-27/h4-24,36-37,43H,26H2,1-3H3,(H,42,45). The van der Waals surface area contributed by atoms with Crippen LogP contribution in [0.15, 0.2) is 132 Å². The summed E-state index contributed by atoms with van der Waals surface area (Å²) in [5, 5.41) is 12.7. The maximum Gasteiger partial charge on any atom is 0.255 e. The van der Waals surface area contributed by atoms with Crippen molar-refractivity contribution in [3.63, 3.8) is 0 Å². The van der Waals surface area contributed by atoms with Crippen LogP contribution in [-0.2, 0) is 21.4 Å². The molecule has 50 heavy (non-hydrogen) atoms. The molecule has 0 spiro atoms. The molecule has 9 nitrogen and oxygen atoms in total. The predicted molar refractivity (Wildman–Crippen MR) is 191 cm³/mol. The van der Waals surface area contributed by atoms with Crippen molar-refractivity contribution in [2.24, 2.45) is 0 Å². The van der Waals surface area contributed by atoms with E-state index in [9.17, 15) is 23.3 Å². The first kappa shape index (κ1) is 34.1. The van der Waals surface area contributed by atoms with Crippen LogP contribution in [0.25, 0.3) is 0 Å². The molecule has 0 saturated carbocycles. The number of hydrogen-bond donors (Lipinski definition) is 2. The number of anilines is 1. The maximum absolute atomic E-state index is 14.6. The fraction of sp³-hybridized carbons (Fsp3) is 0.175. The normalized spacial score (nSPS) is 14.8. The number of hydrogen-bond acceptors (Lipinski definition) is 6. The minimum Gasteiger partial charge on any atom is -0.487 e. The summed E-state index contributed by atoms with van der Waals surface area (Å²) in [4.78, 5) is 30.6. The number of benzene rings is 5. The van der Waals surface area contributed by atoms with E-state index in [0.717, 1.165) is 5.56 Å². The third-order valence-corrected chi connectivity index (χ3v) is 9.92. The maximum atomic E-state index is 14.6. The molecule has 5 aromatic carbocycles.